The maximum Gasteiger partial charge on any atom is 0.189 e. The molecule has 0 spiro atoms. The molecule has 0 rings (SSSR count). The van der Waals surface area contributed by atoms with Gasteiger partial charge in [0, 0.05) is 46.5 Å². The molecule has 0 heterocycles. The molecule has 0 aliphatic rings. The Morgan fingerprint density at radius 1 is 1.38 bits per heavy atom. The number of hydrogen-bond donors (Lipinski definition) is 0. The van der Waals surface area contributed by atoms with Crippen LogP contribution in [-0.4, -0.2) is 16.3 Å². The fraction of sp³-hybridized carbons (Fsp3) is 0.667. The van der Waals surface area contributed by atoms with E-state index in [9.17, 15) is 4.79 Å². The Kier molecular flexibility index (Phi) is 10.5. The number of rotatable bonds is 2. The average Bonchev–Trinajstić information content (AvgIpc) is 1.54. The zero-order valence-electron chi connectivity index (χ0n) is 8.92. The van der Waals surface area contributed by atoms with Gasteiger partial charge in [0.25, 0.3) is 0 Å². The van der Waals surface area contributed by atoms with E-state index >= 15 is 0 Å². The van der Waals surface area contributed by atoms with Crippen molar-refractivity contribution in [1.82, 2.24) is 4.90 Å². The fourth-order valence-electron chi connectivity index (χ4n) is 1.35. The van der Waals surface area contributed by atoms with E-state index in [4.69, 9.17) is 0 Å². The van der Waals surface area contributed by atoms with Crippen LogP contribution in [0.1, 0.15) is 34.6 Å². The molecule has 0 aromatic heterocycles. The second-order valence-corrected chi connectivity index (χ2v) is 3.61. The van der Waals surface area contributed by atoms with Crippen LogP contribution in [0.4, 0.5) is 0 Å². The molecule has 77 valence electrons. The van der Waals surface area contributed by atoms with Gasteiger partial charge in [0.2, 0.25) is 0 Å². The van der Waals surface area contributed by atoms with E-state index in [0.29, 0.717) is 0 Å². The molecule has 0 aromatic rings. The summed E-state index contributed by atoms with van der Waals surface area (Å²) in [5.74, 6) is 0.0463. The standard InChI is InChI=1S/C9H17NO.V.W/c1-7(2)10(8(3)11)9(4,5)6;;/h4H2,1-3,5-6H3;;/q-2;;. The van der Waals surface area contributed by atoms with Gasteiger partial charge in [-0.05, 0) is 0 Å². The number of carbonyl (C=O) groups is 1. The van der Waals surface area contributed by atoms with Crippen LogP contribution in [0.5, 0.6) is 0 Å². The van der Waals surface area contributed by atoms with E-state index < -0.39 is 0 Å². The van der Waals surface area contributed by atoms with Crippen LogP contribution in [-0.2, 0) is 44.4 Å². The topological polar surface area (TPSA) is 20.3 Å². The molecular weight excluding hydrogens is 373 g/mol. The largest absolute Gasteiger partial charge is 0.511 e. The van der Waals surface area contributed by atoms with Gasteiger partial charge in [0.05, 0.1) is 0 Å². The van der Waals surface area contributed by atoms with Crippen molar-refractivity contribution in [3.8, 4) is 0 Å². The van der Waals surface area contributed by atoms with Crippen LogP contribution in [0.25, 0.3) is 0 Å². The van der Waals surface area contributed by atoms with Gasteiger partial charge >= 0.3 is 0 Å². The fourth-order valence-corrected chi connectivity index (χ4v) is 1.35. The van der Waals surface area contributed by atoms with Crippen LogP contribution >= 0.6 is 0 Å². The molecule has 0 aliphatic carbocycles. The molecule has 4 heteroatoms. The summed E-state index contributed by atoms with van der Waals surface area (Å²) in [5.41, 5.74) is -0.343. The minimum atomic E-state index is -0.343. The molecule has 0 bridgehead atoms. The van der Waals surface area contributed by atoms with Crippen molar-refractivity contribution in [3.63, 3.8) is 0 Å². The van der Waals surface area contributed by atoms with Crippen molar-refractivity contribution in [3.05, 3.63) is 13.0 Å². The SMILES string of the molecule is [CH2-]C(C)(C)N(C(C)=O)[C-](C)C.[V].[W]. The molecule has 0 N–H and O–H groups in total. The summed E-state index contributed by atoms with van der Waals surface area (Å²) in [5, 5.41) is 0. The van der Waals surface area contributed by atoms with Crippen LogP contribution in [0.3, 0.4) is 0 Å². The smallest absolute Gasteiger partial charge is 0.189 e. The van der Waals surface area contributed by atoms with Crippen molar-refractivity contribution in [2.45, 2.75) is 40.2 Å². The normalized spacial score (nSPS) is 10.1. The van der Waals surface area contributed by atoms with Gasteiger partial charge in [-0.3, -0.25) is 4.79 Å². The molecule has 13 heavy (non-hydrogen) atoms. The summed E-state index contributed by atoms with van der Waals surface area (Å²) in [7, 11) is 0. The Balaban J connectivity index is -0.000000500. The first kappa shape index (κ1) is 19.3. The first-order valence-corrected chi connectivity index (χ1v) is 3.73. The van der Waals surface area contributed by atoms with Crippen molar-refractivity contribution in [2.75, 3.05) is 0 Å². The Hall–Kier alpha value is 0.743. The third-order valence-corrected chi connectivity index (χ3v) is 1.37. The molecule has 1 radical (unpaired) electrons. The predicted molar refractivity (Wildman–Crippen MR) is 46.5 cm³/mol. The van der Waals surface area contributed by atoms with Crippen LogP contribution < -0.4 is 0 Å². The molecule has 0 saturated heterocycles. The van der Waals surface area contributed by atoms with Crippen molar-refractivity contribution < 1.29 is 44.4 Å². The second-order valence-electron chi connectivity index (χ2n) is 3.61. The summed E-state index contributed by atoms with van der Waals surface area (Å²) in [6.45, 7) is 13.1. The number of carbonyl (C=O) groups excluding carboxylic acids is 1. The average molecular weight is 390 g/mol. The van der Waals surface area contributed by atoms with Gasteiger partial charge in [0.15, 0.2) is 5.91 Å². The Morgan fingerprint density at radius 2 is 1.69 bits per heavy atom. The van der Waals surface area contributed by atoms with E-state index in [0.717, 1.165) is 6.04 Å². The van der Waals surface area contributed by atoms with E-state index in [1.807, 2.05) is 27.7 Å². The molecule has 0 unspecified atom stereocenters. The minimum absolute atomic E-state index is 0. The van der Waals surface area contributed by atoms with Gasteiger partial charge in [-0.15, -0.1) is 5.54 Å². The zero-order valence-corrected chi connectivity index (χ0v) is 13.2. The van der Waals surface area contributed by atoms with E-state index in [1.54, 1.807) is 11.8 Å². The van der Waals surface area contributed by atoms with Crippen molar-refractivity contribution >= 4 is 5.91 Å². The maximum absolute atomic E-state index is 11.1. The summed E-state index contributed by atoms with van der Waals surface area (Å²) >= 11 is 0. The van der Waals surface area contributed by atoms with E-state index in [1.165, 1.54) is 0 Å². The Morgan fingerprint density at radius 3 is 1.69 bits per heavy atom. The Labute approximate surface area is 108 Å². The number of amides is 1. The third-order valence-electron chi connectivity index (χ3n) is 1.37. The van der Waals surface area contributed by atoms with Crippen molar-refractivity contribution in [1.29, 1.82) is 0 Å². The number of hydrogen-bond acceptors (Lipinski definition) is 1. The third kappa shape index (κ3) is 6.77. The van der Waals surface area contributed by atoms with Gasteiger partial charge in [-0.1, -0.05) is 13.8 Å². The summed E-state index contributed by atoms with van der Waals surface area (Å²) in [6.07, 6.45) is 0. The Bertz CT molecular complexity index is 154. The summed E-state index contributed by atoms with van der Waals surface area (Å²) in [4.78, 5) is 12.8. The van der Waals surface area contributed by atoms with E-state index in [-0.39, 0.29) is 51.1 Å². The number of nitrogens with zero attached hydrogens (tertiary/aromatic N) is 1. The molecule has 0 aliphatic heterocycles. The molecule has 1 amide bonds. The molecule has 0 fully saturated rings. The van der Waals surface area contributed by atoms with Crippen LogP contribution in [0.2, 0.25) is 0 Å². The molecule has 0 saturated carbocycles. The predicted octanol–water partition coefficient (Wildman–Crippen LogP) is 2.01. The quantitative estimate of drug-likeness (QED) is 0.661. The first-order chi connectivity index (χ1) is 4.76. The van der Waals surface area contributed by atoms with Crippen LogP contribution in [0, 0.1) is 13.0 Å². The zero-order chi connectivity index (χ0) is 9.23. The maximum atomic E-state index is 11.1. The molecule has 0 atom stereocenters. The molecule has 0 aromatic carbocycles. The molecule has 2 nitrogen and oxygen atoms in total. The van der Waals surface area contributed by atoms with Gasteiger partial charge < -0.3 is 11.8 Å². The first-order valence-electron chi connectivity index (χ1n) is 3.73. The van der Waals surface area contributed by atoms with E-state index in [2.05, 4.69) is 6.92 Å². The summed E-state index contributed by atoms with van der Waals surface area (Å²) < 4.78 is 0. The van der Waals surface area contributed by atoms with Gasteiger partial charge in [-0.25, -0.2) is 6.04 Å². The van der Waals surface area contributed by atoms with Crippen LogP contribution in [0.15, 0.2) is 0 Å². The van der Waals surface area contributed by atoms with Gasteiger partial charge in [0.1, 0.15) is 0 Å². The molecular formula is C9H17NOVW-2. The van der Waals surface area contributed by atoms with Gasteiger partial charge in [-0.2, -0.15) is 13.8 Å². The summed E-state index contributed by atoms with van der Waals surface area (Å²) in [6, 6.07) is 0.984. The second kappa shape index (κ2) is 7.09. The minimum Gasteiger partial charge on any atom is -0.511 e. The van der Waals surface area contributed by atoms with Crippen molar-refractivity contribution in [2.24, 2.45) is 0 Å². The monoisotopic (exact) mass is 390 g/mol.